The van der Waals surface area contributed by atoms with Gasteiger partial charge in [0.15, 0.2) is 5.82 Å². The highest BCUT2D eigenvalue weighted by atomic mass is 32.1. The molecular weight excluding hydrogens is 342 g/mol. The van der Waals surface area contributed by atoms with E-state index in [0.717, 1.165) is 33.5 Å². The van der Waals surface area contributed by atoms with Crippen LogP contribution in [0.2, 0.25) is 0 Å². The Labute approximate surface area is 156 Å². The number of hydrogen-bond donors (Lipinski definition) is 1. The minimum absolute atomic E-state index is 0.365. The van der Waals surface area contributed by atoms with Crippen molar-refractivity contribution in [3.05, 3.63) is 63.0 Å². The van der Waals surface area contributed by atoms with E-state index in [9.17, 15) is 0 Å². The third-order valence-corrected chi connectivity index (χ3v) is 5.76. The summed E-state index contributed by atoms with van der Waals surface area (Å²) in [5.74, 6) is 7.73. The lowest BCUT2D eigenvalue weighted by Crippen LogP contribution is -2.07. The van der Waals surface area contributed by atoms with Gasteiger partial charge in [-0.05, 0) is 38.5 Å². The second kappa shape index (κ2) is 6.52. The van der Waals surface area contributed by atoms with E-state index >= 15 is 0 Å². The molecule has 130 valence electrons. The zero-order valence-electron chi connectivity index (χ0n) is 15.0. The first-order valence-corrected chi connectivity index (χ1v) is 9.27. The summed E-state index contributed by atoms with van der Waals surface area (Å²) in [5, 5.41) is 9.71. The van der Waals surface area contributed by atoms with Crippen molar-refractivity contribution in [2.45, 2.75) is 27.3 Å². The number of thiophene rings is 1. The van der Waals surface area contributed by atoms with Crippen LogP contribution in [0.4, 0.5) is 0 Å². The fourth-order valence-corrected chi connectivity index (χ4v) is 4.37. The highest BCUT2D eigenvalue weighted by molar-refractivity contribution is 7.15. The predicted molar refractivity (Wildman–Crippen MR) is 105 cm³/mol. The summed E-state index contributed by atoms with van der Waals surface area (Å²) in [6.07, 6.45) is 0. The Bertz CT molecular complexity index is 1070. The van der Waals surface area contributed by atoms with Gasteiger partial charge in [-0.15, -0.1) is 21.5 Å². The molecule has 0 saturated heterocycles. The van der Waals surface area contributed by atoms with Gasteiger partial charge in [-0.2, -0.15) is 0 Å². The van der Waals surface area contributed by atoms with Gasteiger partial charge in [-0.1, -0.05) is 24.0 Å². The molecule has 1 aliphatic rings. The molecule has 0 spiro atoms. The molecule has 3 aromatic rings. The Morgan fingerprint density at radius 2 is 1.92 bits per heavy atom. The van der Waals surface area contributed by atoms with Gasteiger partial charge < -0.3 is 5.73 Å². The largest absolute Gasteiger partial charge is 0.320 e. The molecule has 2 N–H and O–H groups in total. The zero-order valence-corrected chi connectivity index (χ0v) is 15.8. The van der Waals surface area contributed by atoms with Gasteiger partial charge in [-0.25, -0.2) is 0 Å². The first kappa shape index (κ1) is 16.7. The van der Waals surface area contributed by atoms with Crippen LogP contribution < -0.4 is 5.73 Å². The number of aliphatic imine (C=N–C) groups is 1. The van der Waals surface area contributed by atoms with Gasteiger partial charge in [0, 0.05) is 21.6 Å². The Balaban J connectivity index is 1.87. The summed E-state index contributed by atoms with van der Waals surface area (Å²) in [6, 6.07) is 8.19. The molecule has 1 aromatic carbocycles. The summed E-state index contributed by atoms with van der Waals surface area (Å²) in [6.45, 7) is 7.18. The minimum Gasteiger partial charge on any atom is -0.320 e. The fourth-order valence-electron chi connectivity index (χ4n) is 3.15. The van der Waals surface area contributed by atoms with E-state index in [1.54, 1.807) is 11.3 Å². The first-order chi connectivity index (χ1) is 12.6. The number of benzene rings is 1. The van der Waals surface area contributed by atoms with Crippen LogP contribution in [0.3, 0.4) is 0 Å². The average Bonchev–Trinajstić information content (AvgIpc) is 3.09. The monoisotopic (exact) mass is 361 g/mol. The average molecular weight is 361 g/mol. The maximum absolute atomic E-state index is 5.45. The van der Waals surface area contributed by atoms with Crippen LogP contribution in [0.25, 0.3) is 5.00 Å². The lowest BCUT2D eigenvalue weighted by Gasteiger charge is -2.09. The van der Waals surface area contributed by atoms with Crippen molar-refractivity contribution in [1.82, 2.24) is 14.8 Å². The molecule has 0 aliphatic carbocycles. The first-order valence-electron chi connectivity index (χ1n) is 8.45. The van der Waals surface area contributed by atoms with E-state index in [1.165, 1.54) is 16.0 Å². The number of fused-ring (bicyclic) bond motifs is 3. The molecule has 0 fully saturated rings. The molecular formula is C20H19N5S. The molecule has 3 heterocycles. The number of rotatable bonds is 1. The van der Waals surface area contributed by atoms with Gasteiger partial charge in [0.25, 0.3) is 0 Å². The molecule has 2 aromatic heterocycles. The van der Waals surface area contributed by atoms with Crippen molar-refractivity contribution >= 4 is 17.0 Å². The normalized spacial score (nSPS) is 12.5. The molecule has 5 nitrogen and oxygen atoms in total. The predicted octanol–water partition coefficient (Wildman–Crippen LogP) is 2.92. The second-order valence-electron chi connectivity index (χ2n) is 6.21. The van der Waals surface area contributed by atoms with Crippen molar-refractivity contribution < 1.29 is 0 Å². The van der Waals surface area contributed by atoms with E-state index in [1.807, 2.05) is 19.1 Å². The number of hydrogen-bond acceptors (Lipinski definition) is 5. The molecule has 4 rings (SSSR count). The quantitative estimate of drug-likeness (QED) is 0.678. The van der Waals surface area contributed by atoms with Crippen LogP contribution in [0.5, 0.6) is 0 Å². The zero-order chi connectivity index (χ0) is 18.3. The van der Waals surface area contributed by atoms with E-state index in [0.29, 0.717) is 13.1 Å². The standard InChI is InChI=1S/C20H19N5S/c1-12-13(2)26-20-18(12)19(22-11-17-24-23-14(3)25(17)20)16-8-6-15(7-9-16)5-4-10-21/h6-9H,10-11,21H2,1-3H3. The Kier molecular flexibility index (Phi) is 4.19. The topological polar surface area (TPSA) is 69.1 Å². The molecule has 0 atom stereocenters. The second-order valence-corrected chi connectivity index (χ2v) is 7.41. The van der Waals surface area contributed by atoms with Gasteiger partial charge in [0.05, 0.1) is 12.3 Å². The smallest absolute Gasteiger partial charge is 0.160 e. The summed E-state index contributed by atoms with van der Waals surface area (Å²) < 4.78 is 2.14. The van der Waals surface area contributed by atoms with Gasteiger partial charge in [0.2, 0.25) is 0 Å². The molecule has 0 unspecified atom stereocenters. The van der Waals surface area contributed by atoms with Crippen LogP contribution in [0, 0.1) is 32.6 Å². The van der Waals surface area contributed by atoms with Gasteiger partial charge in [0.1, 0.15) is 17.4 Å². The molecule has 1 aliphatic heterocycles. The lowest BCUT2D eigenvalue weighted by atomic mass is 9.99. The summed E-state index contributed by atoms with van der Waals surface area (Å²) in [4.78, 5) is 6.19. The van der Waals surface area contributed by atoms with Crippen molar-refractivity contribution in [3.8, 4) is 16.8 Å². The lowest BCUT2D eigenvalue weighted by molar-refractivity contribution is 0.869. The van der Waals surface area contributed by atoms with Gasteiger partial charge >= 0.3 is 0 Å². The molecule has 0 amide bonds. The minimum atomic E-state index is 0.365. The van der Waals surface area contributed by atoms with Crippen LogP contribution >= 0.6 is 11.3 Å². The summed E-state index contributed by atoms with van der Waals surface area (Å²) >= 11 is 1.77. The van der Waals surface area contributed by atoms with Crippen LogP contribution in [-0.2, 0) is 6.54 Å². The van der Waals surface area contributed by atoms with Crippen molar-refractivity contribution in [2.24, 2.45) is 10.7 Å². The number of nitrogens with zero attached hydrogens (tertiary/aromatic N) is 4. The summed E-state index contributed by atoms with van der Waals surface area (Å²) in [5.41, 5.74) is 10.9. The third kappa shape index (κ3) is 2.66. The Morgan fingerprint density at radius 3 is 2.65 bits per heavy atom. The molecule has 0 saturated carbocycles. The number of nitrogens with two attached hydrogens (primary N) is 1. The van der Waals surface area contributed by atoms with Crippen LogP contribution in [0.15, 0.2) is 29.3 Å². The van der Waals surface area contributed by atoms with Crippen LogP contribution in [0.1, 0.15) is 38.8 Å². The highest BCUT2D eigenvalue weighted by Gasteiger charge is 2.26. The maximum Gasteiger partial charge on any atom is 0.160 e. The van der Waals surface area contributed by atoms with E-state index in [4.69, 9.17) is 10.7 Å². The molecule has 6 heteroatoms. The van der Waals surface area contributed by atoms with E-state index in [2.05, 4.69) is 52.6 Å². The van der Waals surface area contributed by atoms with Crippen molar-refractivity contribution in [1.29, 1.82) is 0 Å². The molecule has 0 radical (unpaired) electrons. The third-order valence-electron chi connectivity index (χ3n) is 4.57. The summed E-state index contributed by atoms with van der Waals surface area (Å²) in [7, 11) is 0. The SMILES string of the molecule is Cc1sc2c(c1C)C(c1ccc(C#CCN)cc1)=NCc1nnc(C)n1-2. The Morgan fingerprint density at radius 1 is 1.15 bits per heavy atom. The fraction of sp³-hybridized carbons (Fsp3) is 0.250. The van der Waals surface area contributed by atoms with E-state index < -0.39 is 0 Å². The molecule has 26 heavy (non-hydrogen) atoms. The van der Waals surface area contributed by atoms with Crippen molar-refractivity contribution in [3.63, 3.8) is 0 Å². The maximum atomic E-state index is 5.45. The van der Waals surface area contributed by atoms with Crippen LogP contribution in [-0.4, -0.2) is 27.0 Å². The van der Waals surface area contributed by atoms with Crippen molar-refractivity contribution in [2.75, 3.05) is 6.54 Å². The molecule has 0 bridgehead atoms. The Hall–Kier alpha value is -2.75. The highest BCUT2D eigenvalue weighted by Crippen LogP contribution is 2.36. The number of aromatic nitrogens is 3. The van der Waals surface area contributed by atoms with E-state index in [-0.39, 0.29) is 0 Å². The van der Waals surface area contributed by atoms with Gasteiger partial charge in [-0.3, -0.25) is 9.56 Å². The number of aryl methyl sites for hydroxylation is 2.